The fourth-order valence-electron chi connectivity index (χ4n) is 3.27. The number of carbonyl (C=O) groups excluding carboxylic acids is 1. The molecule has 4 heterocycles. The molecule has 0 saturated carbocycles. The van der Waals surface area contributed by atoms with E-state index in [1.807, 2.05) is 10.3 Å². The van der Waals surface area contributed by atoms with Crippen molar-refractivity contribution in [1.82, 2.24) is 9.88 Å². The molecule has 1 saturated heterocycles. The van der Waals surface area contributed by atoms with E-state index < -0.39 is 11.9 Å². The number of aromatic nitrogens is 1. The van der Waals surface area contributed by atoms with Crippen LogP contribution in [0.15, 0.2) is 29.6 Å². The van der Waals surface area contributed by atoms with Crippen molar-refractivity contribution in [3.63, 3.8) is 0 Å². The normalized spacial score (nSPS) is 18.0. The lowest BCUT2D eigenvalue weighted by atomic mass is 9.97. The van der Waals surface area contributed by atoms with Gasteiger partial charge in [0, 0.05) is 31.1 Å². The fourth-order valence-corrected chi connectivity index (χ4v) is 4.16. The molecule has 0 N–H and O–H groups in total. The van der Waals surface area contributed by atoms with Crippen LogP contribution in [0.1, 0.15) is 16.1 Å². The predicted octanol–water partition coefficient (Wildman–Crippen LogP) is 3.18. The van der Waals surface area contributed by atoms with Gasteiger partial charge in [-0.3, -0.25) is 4.79 Å². The second-order valence-corrected chi connectivity index (χ2v) is 7.36. The van der Waals surface area contributed by atoms with Crippen molar-refractivity contribution in [1.29, 1.82) is 0 Å². The van der Waals surface area contributed by atoms with Crippen LogP contribution < -0.4 is 4.90 Å². The lowest BCUT2D eigenvalue weighted by Gasteiger charge is -2.42. The second-order valence-electron chi connectivity index (χ2n) is 6.36. The summed E-state index contributed by atoms with van der Waals surface area (Å²) in [6.07, 6.45) is -3.58. The van der Waals surface area contributed by atoms with Crippen molar-refractivity contribution in [2.45, 2.75) is 19.1 Å². The molecule has 2 aromatic rings. The molecule has 25 heavy (non-hydrogen) atoms. The molecular weight excluding hydrogens is 351 g/mol. The van der Waals surface area contributed by atoms with E-state index in [9.17, 15) is 18.0 Å². The molecule has 0 aliphatic carbocycles. The minimum atomic E-state index is -4.46. The molecule has 0 aromatic carbocycles. The predicted molar refractivity (Wildman–Crippen MR) is 88.4 cm³/mol. The van der Waals surface area contributed by atoms with Gasteiger partial charge in [-0.15, -0.1) is 11.3 Å². The van der Waals surface area contributed by atoms with Gasteiger partial charge in [0.15, 0.2) is 0 Å². The van der Waals surface area contributed by atoms with E-state index in [0.29, 0.717) is 26.2 Å². The number of anilines is 1. The first-order chi connectivity index (χ1) is 11.9. The van der Waals surface area contributed by atoms with E-state index >= 15 is 0 Å². The van der Waals surface area contributed by atoms with Crippen LogP contribution in [-0.4, -0.2) is 35.4 Å². The zero-order chi connectivity index (χ0) is 17.6. The van der Waals surface area contributed by atoms with Crippen molar-refractivity contribution in [3.8, 4) is 0 Å². The van der Waals surface area contributed by atoms with E-state index in [1.54, 1.807) is 22.3 Å². The van der Waals surface area contributed by atoms with Crippen LogP contribution in [0, 0.1) is 5.92 Å². The van der Waals surface area contributed by atoms with Crippen LogP contribution in [0.5, 0.6) is 0 Å². The first kappa shape index (κ1) is 16.4. The smallest absolute Gasteiger partial charge is 0.355 e. The quantitative estimate of drug-likeness (QED) is 0.818. The Morgan fingerprint density at radius 2 is 2.04 bits per heavy atom. The lowest BCUT2D eigenvalue weighted by Crippen LogP contribution is -2.55. The lowest BCUT2D eigenvalue weighted by molar-refractivity contribution is -0.141. The Labute approximate surface area is 146 Å². The van der Waals surface area contributed by atoms with Crippen molar-refractivity contribution >= 4 is 23.1 Å². The maximum atomic E-state index is 12.8. The zero-order valence-electron chi connectivity index (χ0n) is 13.3. The Morgan fingerprint density at radius 1 is 1.24 bits per heavy atom. The van der Waals surface area contributed by atoms with Crippen molar-refractivity contribution in [2.75, 3.05) is 24.5 Å². The molecule has 4 rings (SSSR count). The van der Waals surface area contributed by atoms with Gasteiger partial charge in [-0.05, 0) is 35.6 Å². The Morgan fingerprint density at radius 3 is 2.80 bits per heavy atom. The van der Waals surface area contributed by atoms with Gasteiger partial charge in [0.05, 0.1) is 5.92 Å². The highest BCUT2D eigenvalue weighted by Gasteiger charge is 2.38. The molecule has 2 aromatic heterocycles. The minimum Gasteiger partial charge on any atom is -0.355 e. The summed E-state index contributed by atoms with van der Waals surface area (Å²) in [7, 11) is 0. The number of hydrogen-bond acceptors (Lipinski definition) is 4. The summed E-state index contributed by atoms with van der Waals surface area (Å²) in [4.78, 5) is 21.2. The molecule has 4 nitrogen and oxygen atoms in total. The molecule has 1 amide bonds. The largest absolute Gasteiger partial charge is 0.433 e. The molecule has 0 spiro atoms. The number of amides is 1. The minimum absolute atomic E-state index is 0.0834. The van der Waals surface area contributed by atoms with E-state index in [4.69, 9.17) is 0 Å². The summed E-state index contributed by atoms with van der Waals surface area (Å²) >= 11 is 1.72. The first-order valence-corrected chi connectivity index (χ1v) is 8.93. The number of fused-ring (bicyclic) bond motifs is 1. The van der Waals surface area contributed by atoms with Crippen molar-refractivity contribution < 1.29 is 18.0 Å². The topological polar surface area (TPSA) is 36.4 Å². The Balaban J connectivity index is 1.38. The van der Waals surface area contributed by atoms with Gasteiger partial charge in [0.1, 0.15) is 11.5 Å². The average Bonchev–Trinajstić information content (AvgIpc) is 3.00. The third kappa shape index (κ3) is 3.10. The van der Waals surface area contributed by atoms with E-state index in [0.717, 1.165) is 12.5 Å². The molecule has 2 aliphatic rings. The number of rotatable bonds is 2. The second kappa shape index (κ2) is 6.01. The third-order valence-corrected chi connectivity index (χ3v) is 5.72. The number of pyridine rings is 1. The van der Waals surface area contributed by atoms with E-state index in [2.05, 4.69) is 11.1 Å². The van der Waals surface area contributed by atoms with Crippen LogP contribution in [0.2, 0.25) is 0 Å². The van der Waals surface area contributed by atoms with Crippen LogP contribution in [0.25, 0.3) is 0 Å². The number of hydrogen-bond donors (Lipinski definition) is 0. The fraction of sp³-hybridized carbons (Fsp3) is 0.412. The van der Waals surface area contributed by atoms with Crippen LogP contribution in [-0.2, 0) is 23.9 Å². The summed E-state index contributed by atoms with van der Waals surface area (Å²) in [6.45, 7) is 2.18. The molecule has 8 heteroatoms. The van der Waals surface area contributed by atoms with Crippen LogP contribution >= 0.6 is 11.3 Å². The van der Waals surface area contributed by atoms with Gasteiger partial charge >= 0.3 is 6.18 Å². The SMILES string of the molecule is O=C(C1CN(c2cccc(C(F)(F)F)n2)C1)N1CCc2sccc2C1. The average molecular weight is 367 g/mol. The van der Waals surface area contributed by atoms with Crippen molar-refractivity contribution in [2.24, 2.45) is 5.92 Å². The van der Waals surface area contributed by atoms with Crippen molar-refractivity contribution in [3.05, 3.63) is 45.8 Å². The van der Waals surface area contributed by atoms with Gasteiger partial charge in [-0.2, -0.15) is 13.2 Å². The maximum absolute atomic E-state index is 12.8. The molecule has 0 unspecified atom stereocenters. The highest BCUT2D eigenvalue weighted by Crippen LogP contribution is 2.32. The third-order valence-electron chi connectivity index (χ3n) is 4.70. The zero-order valence-corrected chi connectivity index (χ0v) is 14.1. The molecule has 0 bridgehead atoms. The van der Waals surface area contributed by atoms with Crippen LogP contribution in [0.4, 0.5) is 19.0 Å². The number of carbonyl (C=O) groups is 1. The highest BCUT2D eigenvalue weighted by atomic mass is 32.1. The number of nitrogens with zero attached hydrogens (tertiary/aromatic N) is 3. The number of halogens is 3. The van der Waals surface area contributed by atoms with Gasteiger partial charge in [-0.25, -0.2) is 4.98 Å². The molecule has 132 valence electrons. The standard InChI is InChI=1S/C17H16F3N3OS/c18-17(19,20)14-2-1-3-15(21-14)23-9-12(10-23)16(24)22-6-4-13-11(8-22)5-7-25-13/h1-3,5,7,12H,4,6,8-10H2. The first-order valence-electron chi connectivity index (χ1n) is 8.05. The maximum Gasteiger partial charge on any atom is 0.433 e. The number of thiophene rings is 1. The van der Waals surface area contributed by atoms with Gasteiger partial charge in [-0.1, -0.05) is 6.07 Å². The van der Waals surface area contributed by atoms with Crippen LogP contribution in [0.3, 0.4) is 0 Å². The summed E-state index contributed by atoms with van der Waals surface area (Å²) < 4.78 is 38.3. The Bertz CT molecular complexity index is 798. The Kier molecular flexibility index (Phi) is 3.94. The van der Waals surface area contributed by atoms with E-state index in [1.165, 1.54) is 16.5 Å². The molecule has 1 fully saturated rings. The monoisotopic (exact) mass is 367 g/mol. The highest BCUT2D eigenvalue weighted by molar-refractivity contribution is 7.10. The summed E-state index contributed by atoms with van der Waals surface area (Å²) in [5.74, 6) is 0.189. The van der Waals surface area contributed by atoms with Gasteiger partial charge in [0.2, 0.25) is 5.91 Å². The molecule has 0 atom stereocenters. The molecule has 0 radical (unpaired) electrons. The van der Waals surface area contributed by atoms with E-state index in [-0.39, 0.29) is 17.6 Å². The molecular formula is C17H16F3N3OS. The van der Waals surface area contributed by atoms with Gasteiger partial charge in [0.25, 0.3) is 0 Å². The molecule has 2 aliphatic heterocycles. The summed E-state index contributed by atoms with van der Waals surface area (Å²) in [5.41, 5.74) is 0.307. The summed E-state index contributed by atoms with van der Waals surface area (Å²) in [6, 6.07) is 5.91. The Hall–Kier alpha value is -2.09. The number of alkyl halides is 3. The summed E-state index contributed by atoms with van der Waals surface area (Å²) in [5, 5.41) is 2.04. The van der Waals surface area contributed by atoms with Gasteiger partial charge < -0.3 is 9.80 Å².